The number of hydrogen-bond acceptors (Lipinski definition) is 2. The number of rotatable bonds is 1. The third-order valence-corrected chi connectivity index (χ3v) is 3.03. The molecule has 1 aromatic rings. The summed E-state index contributed by atoms with van der Waals surface area (Å²) in [6.45, 7) is 3.89. The molecule has 2 rings (SSSR count). The quantitative estimate of drug-likeness (QED) is 0.714. The number of carbonyl (C=O) groups is 1. The van der Waals surface area contributed by atoms with Crippen molar-refractivity contribution >= 4 is 11.6 Å². The van der Waals surface area contributed by atoms with Gasteiger partial charge in [-0.15, -0.1) is 0 Å². The largest absolute Gasteiger partial charge is 0.399 e. The fraction of sp³-hybridized carbons (Fsp3) is 0.417. The van der Waals surface area contributed by atoms with E-state index < -0.39 is 0 Å². The van der Waals surface area contributed by atoms with Crippen LogP contribution in [0.5, 0.6) is 0 Å². The first-order chi connectivity index (χ1) is 7.40. The summed E-state index contributed by atoms with van der Waals surface area (Å²) in [4.78, 5) is 11.4. The number of carbonyl (C=O) groups excluding carboxylic acids is 1. The van der Waals surface area contributed by atoms with Crippen molar-refractivity contribution in [2.45, 2.75) is 26.3 Å². The Morgan fingerprint density at radius 1 is 1.50 bits per heavy atom. The summed E-state index contributed by atoms with van der Waals surface area (Å²) in [5.74, 6) is -0.369. The third-order valence-electron chi connectivity index (χ3n) is 3.03. The Morgan fingerprint density at radius 2 is 2.19 bits per heavy atom. The highest BCUT2D eigenvalue weighted by Crippen LogP contribution is 2.42. The van der Waals surface area contributed by atoms with E-state index in [1.165, 1.54) is 12.1 Å². The second-order valence-electron chi connectivity index (χ2n) is 4.95. The average molecular weight is 222 g/mol. The van der Waals surface area contributed by atoms with Gasteiger partial charge in [0.25, 0.3) is 0 Å². The molecule has 0 aromatic heterocycles. The van der Waals surface area contributed by atoms with E-state index in [0.717, 1.165) is 0 Å². The molecule has 0 radical (unpaired) electrons. The number of nitrogens with one attached hydrogen (secondary N) is 1. The molecule has 86 valence electrons. The van der Waals surface area contributed by atoms with Crippen molar-refractivity contribution in [1.82, 2.24) is 5.32 Å². The van der Waals surface area contributed by atoms with Crippen LogP contribution in [0.25, 0.3) is 0 Å². The van der Waals surface area contributed by atoms with E-state index >= 15 is 0 Å². The summed E-state index contributed by atoms with van der Waals surface area (Å²) in [7, 11) is 0. The lowest BCUT2D eigenvalue weighted by Crippen LogP contribution is -2.25. The van der Waals surface area contributed by atoms with Crippen LogP contribution in [0, 0.1) is 11.2 Å². The van der Waals surface area contributed by atoms with Gasteiger partial charge in [-0.3, -0.25) is 4.79 Å². The van der Waals surface area contributed by atoms with Crippen molar-refractivity contribution in [1.29, 1.82) is 0 Å². The van der Waals surface area contributed by atoms with Crippen molar-refractivity contribution in [3.63, 3.8) is 0 Å². The molecule has 1 amide bonds. The van der Waals surface area contributed by atoms with Crippen LogP contribution in [0.1, 0.15) is 31.9 Å². The summed E-state index contributed by atoms with van der Waals surface area (Å²) < 4.78 is 13.7. The van der Waals surface area contributed by atoms with Gasteiger partial charge in [0.15, 0.2) is 0 Å². The lowest BCUT2D eigenvalue weighted by Gasteiger charge is -2.26. The number of benzene rings is 1. The smallest absolute Gasteiger partial charge is 0.221 e. The van der Waals surface area contributed by atoms with Gasteiger partial charge in [-0.05, 0) is 23.6 Å². The lowest BCUT2D eigenvalue weighted by molar-refractivity contribution is -0.119. The topological polar surface area (TPSA) is 55.1 Å². The summed E-state index contributed by atoms with van der Waals surface area (Å²) in [6, 6.07) is 4.14. The van der Waals surface area contributed by atoms with Crippen LogP contribution in [0.15, 0.2) is 18.2 Å². The Balaban J connectivity index is 2.44. The molecule has 0 spiro atoms. The van der Waals surface area contributed by atoms with Crippen LogP contribution in [0.4, 0.5) is 10.1 Å². The van der Waals surface area contributed by atoms with Crippen molar-refractivity contribution in [2.75, 3.05) is 5.73 Å². The third kappa shape index (κ3) is 1.75. The Kier molecular flexibility index (Phi) is 2.37. The Morgan fingerprint density at radius 3 is 2.75 bits per heavy atom. The van der Waals surface area contributed by atoms with Crippen LogP contribution in [0.3, 0.4) is 0 Å². The zero-order valence-corrected chi connectivity index (χ0v) is 9.38. The molecular weight excluding hydrogens is 207 g/mol. The highest BCUT2D eigenvalue weighted by atomic mass is 19.1. The van der Waals surface area contributed by atoms with Crippen molar-refractivity contribution in [3.05, 3.63) is 29.6 Å². The van der Waals surface area contributed by atoms with Gasteiger partial charge >= 0.3 is 0 Å². The monoisotopic (exact) mass is 222 g/mol. The zero-order chi connectivity index (χ0) is 11.9. The van der Waals surface area contributed by atoms with Gasteiger partial charge in [-0.25, -0.2) is 4.39 Å². The van der Waals surface area contributed by atoms with Gasteiger partial charge in [0, 0.05) is 17.7 Å². The van der Waals surface area contributed by atoms with E-state index in [1.807, 2.05) is 13.8 Å². The van der Waals surface area contributed by atoms with Crippen molar-refractivity contribution in [2.24, 2.45) is 5.41 Å². The second kappa shape index (κ2) is 3.47. The molecular formula is C12H15FN2O. The van der Waals surface area contributed by atoms with Gasteiger partial charge in [-0.1, -0.05) is 13.8 Å². The highest BCUT2D eigenvalue weighted by Gasteiger charge is 2.41. The molecule has 1 fully saturated rings. The molecule has 1 saturated heterocycles. The summed E-state index contributed by atoms with van der Waals surface area (Å²) in [5.41, 5.74) is 6.33. The SMILES string of the molecule is CC1(C)CC(=O)NC1c1cc(N)ccc1F. The Bertz CT molecular complexity index is 443. The molecule has 3 N–H and O–H groups in total. The van der Waals surface area contributed by atoms with E-state index in [0.29, 0.717) is 17.7 Å². The molecule has 1 unspecified atom stereocenters. The molecule has 3 nitrogen and oxygen atoms in total. The van der Waals surface area contributed by atoms with E-state index in [4.69, 9.17) is 5.73 Å². The standard InChI is InChI=1S/C12H15FN2O/c1-12(2)6-10(16)15-11(12)8-5-7(14)3-4-9(8)13/h3-5,11H,6,14H2,1-2H3,(H,15,16). The normalized spacial score (nSPS) is 23.2. The van der Waals surface area contributed by atoms with Gasteiger partial charge in [0.05, 0.1) is 6.04 Å². The van der Waals surface area contributed by atoms with E-state index in [9.17, 15) is 9.18 Å². The summed E-state index contributed by atoms with van der Waals surface area (Å²) in [6.07, 6.45) is 0.409. The van der Waals surface area contributed by atoms with Gasteiger partial charge in [0.2, 0.25) is 5.91 Å². The van der Waals surface area contributed by atoms with Crippen LogP contribution in [-0.2, 0) is 4.79 Å². The zero-order valence-electron chi connectivity index (χ0n) is 9.38. The number of nitrogens with two attached hydrogens (primary N) is 1. The molecule has 0 saturated carbocycles. The number of hydrogen-bond donors (Lipinski definition) is 2. The Hall–Kier alpha value is -1.58. The number of anilines is 1. The second-order valence-corrected chi connectivity index (χ2v) is 4.95. The molecule has 0 bridgehead atoms. The maximum absolute atomic E-state index is 13.7. The van der Waals surface area contributed by atoms with Crippen LogP contribution in [0.2, 0.25) is 0 Å². The molecule has 1 aliphatic rings. The van der Waals surface area contributed by atoms with Crippen molar-refractivity contribution < 1.29 is 9.18 Å². The average Bonchev–Trinajstić information content (AvgIpc) is 2.43. The Labute approximate surface area is 93.8 Å². The minimum absolute atomic E-state index is 0.0446. The van der Waals surface area contributed by atoms with Crippen LogP contribution in [-0.4, -0.2) is 5.91 Å². The first-order valence-corrected chi connectivity index (χ1v) is 5.24. The molecule has 4 heteroatoms. The molecule has 16 heavy (non-hydrogen) atoms. The minimum Gasteiger partial charge on any atom is -0.399 e. The predicted molar refractivity (Wildman–Crippen MR) is 60.1 cm³/mol. The van der Waals surface area contributed by atoms with Gasteiger partial charge in [0.1, 0.15) is 5.82 Å². The minimum atomic E-state index is -0.325. The predicted octanol–water partition coefficient (Wildman–Crippen LogP) is 2.00. The molecule has 1 aliphatic heterocycles. The fourth-order valence-electron chi connectivity index (χ4n) is 2.21. The number of halogens is 1. The maximum atomic E-state index is 13.7. The number of nitrogen functional groups attached to an aromatic ring is 1. The molecule has 1 aromatic carbocycles. The number of amides is 1. The lowest BCUT2D eigenvalue weighted by atomic mass is 9.81. The van der Waals surface area contributed by atoms with Crippen LogP contribution >= 0.6 is 0 Å². The summed E-state index contributed by atoms with van der Waals surface area (Å²) in [5, 5.41) is 2.79. The molecule has 0 aliphatic carbocycles. The van der Waals surface area contributed by atoms with Gasteiger partial charge in [-0.2, -0.15) is 0 Å². The van der Waals surface area contributed by atoms with Gasteiger partial charge < -0.3 is 11.1 Å². The fourth-order valence-corrected chi connectivity index (χ4v) is 2.21. The highest BCUT2D eigenvalue weighted by molar-refractivity contribution is 5.80. The maximum Gasteiger partial charge on any atom is 0.221 e. The van der Waals surface area contributed by atoms with E-state index in [2.05, 4.69) is 5.32 Å². The van der Waals surface area contributed by atoms with E-state index in [1.54, 1.807) is 6.07 Å². The van der Waals surface area contributed by atoms with Crippen LogP contribution < -0.4 is 11.1 Å². The molecule has 1 atom stereocenters. The first kappa shape index (κ1) is 10.9. The van der Waals surface area contributed by atoms with Crippen molar-refractivity contribution in [3.8, 4) is 0 Å². The van der Waals surface area contributed by atoms with E-state index in [-0.39, 0.29) is 23.2 Å². The first-order valence-electron chi connectivity index (χ1n) is 5.24. The summed E-state index contributed by atoms with van der Waals surface area (Å²) >= 11 is 0. The molecule has 1 heterocycles.